The molecule has 2 fully saturated rings. The summed E-state index contributed by atoms with van der Waals surface area (Å²) in [4.78, 5) is 16.9. The Morgan fingerprint density at radius 1 is 1.04 bits per heavy atom. The zero-order valence-electron chi connectivity index (χ0n) is 13.4. The summed E-state index contributed by atoms with van der Waals surface area (Å²) in [5.41, 5.74) is 0. The van der Waals surface area contributed by atoms with Crippen molar-refractivity contribution in [2.24, 2.45) is 0 Å². The minimum absolute atomic E-state index is 0.0129. The van der Waals surface area contributed by atoms with Crippen LogP contribution in [0.4, 0.5) is 0 Å². The predicted molar refractivity (Wildman–Crippen MR) is 97.4 cm³/mol. The molecule has 0 N–H and O–H groups in total. The molecule has 0 aromatic heterocycles. The lowest BCUT2D eigenvalue weighted by Gasteiger charge is -2.37. The van der Waals surface area contributed by atoms with Crippen molar-refractivity contribution >= 4 is 40.7 Å². The number of nitrogens with zero attached hydrogens (tertiary/aromatic N) is 2. The van der Waals surface area contributed by atoms with Crippen molar-refractivity contribution < 1.29 is 9.53 Å². The Balaban J connectivity index is 1.55. The molecular formula is C17H21Cl3N2O2. The lowest BCUT2D eigenvalue weighted by atomic mass is 10.0. The molecular weight excluding hydrogens is 371 g/mol. The van der Waals surface area contributed by atoms with Crippen molar-refractivity contribution in [3.63, 3.8) is 0 Å². The van der Waals surface area contributed by atoms with Gasteiger partial charge in [0.15, 0.2) is 6.61 Å². The van der Waals surface area contributed by atoms with Crippen LogP contribution in [-0.4, -0.2) is 54.5 Å². The van der Waals surface area contributed by atoms with E-state index in [9.17, 15) is 4.79 Å². The maximum Gasteiger partial charge on any atom is 0.260 e. The standard InChI is InChI=1S/C17H21Cl3N2O2/c18-13-8-15(20)16(9-14(13)19)24-11-17(23)22-7-3-4-12(10-22)21-5-1-2-6-21/h8-9,12H,1-7,10-11H2. The summed E-state index contributed by atoms with van der Waals surface area (Å²) >= 11 is 17.9. The van der Waals surface area contributed by atoms with Gasteiger partial charge in [-0.25, -0.2) is 0 Å². The van der Waals surface area contributed by atoms with E-state index in [1.165, 1.54) is 25.3 Å². The van der Waals surface area contributed by atoms with Crippen molar-refractivity contribution in [3.8, 4) is 5.75 Å². The van der Waals surface area contributed by atoms with Gasteiger partial charge in [-0.1, -0.05) is 34.8 Å². The highest BCUT2D eigenvalue weighted by atomic mass is 35.5. The molecule has 1 amide bonds. The Hall–Kier alpha value is -0.680. The van der Waals surface area contributed by atoms with Crippen LogP contribution in [-0.2, 0) is 4.79 Å². The van der Waals surface area contributed by atoms with Gasteiger partial charge in [0, 0.05) is 25.2 Å². The van der Waals surface area contributed by atoms with Crippen LogP contribution in [0.3, 0.4) is 0 Å². The van der Waals surface area contributed by atoms with Gasteiger partial charge in [0.2, 0.25) is 0 Å². The number of carbonyl (C=O) groups is 1. The largest absolute Gasteiger partial charge is 0.482 e. The number of rotatable bonds is 4. The first kappa shape index (κ1) is 18.1. The zero-order chi connectivity index (χ0) is 17.1. The van der Waals surface area contributed by atoms with Crippen molar-refractivity contribution in [2.45, 2.75) is 31.7 Å². The quantitative estimate of drug-likeness (QED) is 0.724. The molecule has 0 radical (unpaired) electrons. The SMILES string of the molecule is O=C(COc1cc(Cl)c(Cl)cc1Cl)N1CCCC(N2CCCC2)C1. The number of amides is 1. The third kappa shape index (κ3) is 4.29. The highest BCUT2D eigenvalue weighted by Crippen LogP contribution is 2.33. The van der Waals surface area contributed by atoms with E-state index in [4.69, 9.17) is 39.5 Å². The molecule has 0 saturated carbocycles. The smallest absolute Gasteiger partial charge is 0.260 e. The first-order valence-electron chi connectivity index (χ1n) is 8.34. The van der Waals surface area contributed by atoms with Crippen molar-refractivity contribution in [2.75, 3.05) is 32.8 Å². The number of benzene rings is 1. The first-order valence-corrected chi connectivity index (χ1v) is 9.47. The Morgan fingerprint density at radius 3 is 2.50 bits per heavy atom. The molecule has 7 heteroatoms. The second-order valence-electron chi connectivity index (χ2n) is 6.36. The van der Waals surface area contributed by atoms with Gasteiger partial charge in [-0.05, 0) is 44.8 Å². The first-order chi connectivity index (χ1) is 11.5. The Kier molecular flexibility index (Phi) is 6.14. The number of carbonyl (C=O) groups excluding carboxylic acids is 1. The maximum absolute atomic E-state index is 12.5. The molecule has 1 aromatic rings. The molecule has 1 unspecified atom stereocenters. The fraction of sp³-hybridized carbons (Fsp3) is 0.588. The van der Waals surface area contributed by atoms with Crippen molar-refractivity contribution in [3.05, 3.63) is 27.2 Å². The van der Waals surface area contributed by atoms with E-state index in [0.29, 0.717) is 26.9 Å². The number of halogens is 3. The predicted octanol–water partition coefficient (Wildman–Crippen LogP) is 4.11. The summed E-state index contributed by atoms with van der Waals surface area (Å²) in [6, 6.07) is 3.55. The summed E-state index contributed by atoms with van der Waals surface area (Å²) in [7, 11) is 0. The van der Waals surface area contributed by atoms with Gasteiger partial charge < -0.3 is 9.64 Å². The second kappa shape index (κ2) is 8.13. The summed E-state index contributed by atoms with van der Waals surface area (Å²) in [5, 5.41) is 1.08. The average molecular weight is 392 g/mol. The normalized spacial score (nSPS) is 22.0. The van der Waals surface area contributed by atoms with Gasteiger partial charge in [0.05, 0.1) is 15.1 Å². The van der Waals surface area contributed by atoms with Crippen LogP contribution in [0, 0.1) is 0 Å². The molecule has 1 atom stereocenters. The van der Waals surface area contributed by atoms with Crippen LogP contribution in [0.5, 0.6) is 5.75 Å². The van der Waals surface area contributed by atoms with Crippen molar-refractivity contribution in [1.82, 2.24) is 9.80 Å². The van der Waals surface area contributed by atoms with E-state index in [-0.39, 0.29) is 12.5 Å². The molecule has 0 spiro atoms. The Labute approximate surface area is 157 Å². The van der Waals surface area contributed by atoms with Gasteiger partial charge in [-0.15, -0.1) is 0 Å². The highest BCUT2D eigenvalue weighted by molar-refractivity contribution is 6.43. The van der Waals surface area contributed by atoms with E-state index in [0.717, 1.165) is 32.6 Å². The third-order valence-electron chi connectivity index (χ3n) is 4.73. The van der Waals surface area contributed by atoms with E-state index in [2.05, 4.69) is 4.90 Å². The third-order valence-corrected chi connectivity index (χ3v) is 5.75. The number of hydrogen-bond acceptors (Lipinski definition) is 3. The molecule has 2 aliphatic rings. The summed E-state index contributed by atoms with van der Waals surface area (Å²) in [6.07, 6.45) is 4.75. The van der Waals surface area contributed by atoms with Gasteiger partial charge in [0.25, 0.3) is 5.91 Å². The molecule has 2 aliphatic heterocycles. The van der Waals surface area contributed by atoms with Crippen LogP contribution < -0.4 is 4.74 Å². The summed E-state index contributed by atoms with van der Waals surface area (Å²) in [6.45, 7) is 3.85. The molecule has 4 nitrogen and oxygen atoms in total. The van der Waals surface area contributed by atoms with Crippen LogP contribution in [0.1, 0.15) is 25.7 Å². The molecule has 2 saturated heterocycles. The fourth-order valence-electron chi connectivity index (χ4n) is 3.43. The van der Waals surface area contributed by atoms with E-state index >= 15 is 0 Å². The number of likely N-dealkylation sites (tertiary alicyclic amines) is 2. The lowest BCUT2D eigenvalue weighted by molar-refractivity contribution is -0.135. The monoisotopic (exact) mass is 390 g/mol. The van der Waals surface area contributed by atoms with Crippen LogP contribution in [0.2, 0.25) is 15.1 Å². The van der Waals surface area contributed by atoms with Crippen LogP contribution in [0.15, 0.2) is 12.1 Å². The number of piperidine rings is 1. The molecule has 2 heterocycles. The number of hydrogen-bond donors (Lipinski definition) is 0. The topological polar surface area (TPSA) is 32.8 Å². The van der Waals surface area contributed by atoms with Gasteiger partial charge in [-0.2, -0.15) is 0 Å². The molecule has 1 aromatic carbocycles. The van der Waals surface area contributed by atoms with Gasteiger partial charge in [0.1, 0.15) is 5.75 Å². The molecule has 0 bridgehead atoms. The van der Waals surface area contributed by atoms with Crippen LogP contribution >= 0.6 is 34.8 Å². The molecule has 3 rings (SSSR count). The fourth-order valence-corrected chi connectivity index (χ4v) is 4.02. The number of ether oxygens (including phenoxy) is 1. The Bertz CT molecular complexity index is 606. The van der Waals surface area contributed by atoms with Crippen molar-refractivity contribution in [1.29, 1.82) is 0 Å². The lowest BCUT2D eigenvalue weighted by Crippen LogP contribution is -2.50. The summed E-state index contributed by atoms with van der Waals surface area (Å²) in [5.74, 6) is 0.369. The Morgan fingerprint density at radius 2 is 1.75 bits per heavy atom. The minimum Gasteiger partial charge on any atom is -0.482 e. The molecule has 0 aliphatic carbocycles. The molecule has 132 valence electrons. The van der Waals surface area contributed by atoms with E-state index in [1.807, 2.05) is 4.90 Å². The zero-order valence-corrected chi connectivity index (χ0v) is 15.7. The highest BCUT2D eigenvalue weighted by Gasteiger charge is 2.29. The van der Waals surface area contributed by atoms with E-state index in [1.54, 1.807) is 6.07 Å². The van der Waals surface area contributed by atoms with Gasteiger partial charge >= 0.3 is 0 Å². The van der Waals surface area contributed by atoms with Gasteiger partial charge in [-0.3, -0.25) is 9.69 Å². The van der Waals surface area contributed by atoms with E-state index < -0.39 is 0 Å². The maximum atomic E-state index is 12.5. The molecule has 24 heavy (non-hydrogen) atoms. The minimum atomic E-state index is -0.0373. The summed E-state index contributed by atoms with van der Waals surface area (Å²) < 4.78 is 5.57. The average Bonchev–Trinajstić information content (AvgIpc) is 3.11. The van der Waals surface area contributed by atoms with Crippen LogP contribution in [0.25, 0.3) is 0 Å². The second-order valence-corrected chi connectivity index (χ2v) is 7.59.